The molecule has 0 fully saturated rings. The van der Waals surface area contributed by atoms with Crippen molar-refractivity contribution in [2.24, 2.45) is 0 Å². The molecule has 0 aromatic heterocycles. The van der Waals surface area contributed by atoms with Gasteiger partial charge in [0.2, 0.25) is 0 Å². The molecule has 1 nitrogen and oxygen atoms in total. The summed E-state index contributed by atoms with van der Waals surface area (Å²) in [5, 5.41) is 7.16. The van der Waals surface area contributed by atoms with Gasteiger partial charge < -0.3 is 0 Å². The summed E-state index contributed by atoms with van der Waals surface area (Å²) in [4.78, 5) is 0. The molecule has 0 heterocycles. The summed E-state index contributed by atoms with van der Waals surface area (Å²) in [6.45, 7) is 0. The maximum atomic E-state index is 7.10. The first kappa shape index (κ1) is 8.57. The topological polar surface area (TPSA) is 23.9 Å². The molecule has 11 heavy (non-hydrogen) atoms. The number of hydrogen-bond acceptors (Lipinski definition) is 1. The fraction of sp³-hybridized carbons (Fsp3) is 0.125. The Bertz CT molecular complexity index is 253. The molecule has 0 aliphatic heterocycles. The lowest BCUT2D eigenvalue weighted by molar-refractivity contribution is 1.39. The standard InChI is InChI=1S/C8H7Cl2N/c9-5-6-1-3-7(4-2-6)8(10)11/h1-4,11H,5H2. The summed E-state index contributed by atoms with van der Waals surface area (Å²) in [6.07, 6.45) is 0. The van der Waals surface area contributed by atoms with Gasteiger partial charge in [-0.05, 0) is 5.56 Å². The van der Waals surface area contributed by atoms with E-state index in [1.165, 1.54) is 0 Å². The molecule has 0 saturated carbocycles. The van der Waals surface area contributed by atoms with Crippen molar-refractivity contribution in [3.05, 3.63) is 35.4 Å². The Balaban J connectivity index is 2.91. The fourth-order valence-electron chi connectivity index (χ4n) is 0.740. The number of alkyl halides is 1. The van der Waals surface area contributed by atoms with E-state index in [0.29, 0.717) is 5.88 Å². The highest BCUT2D eigenvalue weighted by Gasteiger charge is 1.95. The van der Waals surface area contributed by atoms with Crippen LogP contribution in [0.25, 0.3) is 0 Å². The quantitative estimate of drug-likeness (QED) is 0.544. The van der Waals surface area contributed by atoms with Crippen LogP contribution >= 0.6 is 23.2 Å². The lowest BCUT2D eigenvalue weighted by Crippen LogP contribution is -1.88. The predicted octanol–water partition coefficient (Wildman–Crippen LogP) is 2.99. The van der Waals surface area contributed by atoms with E-state index in [0.717, 1.165) is 11.1 Å². The Morgan fingerprint density at radius 3 is 2.18 bits per heavy atom. The molecular formula is C8H7Cl2N. The van der Waals surface area contributed by atoms with Crippen LogP contribution in [0.15, 0.2) is 24.3 Å². The van der Waals surface area contributed by atoms with E-state index in [4.69, 9.17) is 28.6 Å². The highest BCUT2D eigenvalue weighted by molar-refractivity contribution is 6.68. The Labute approximate surface area is 75.5 Å². The number of rotatable bonds is 2. The molecule has 1 aromatic carbocycles. The third-order valence-corrected chi connectivity index (χ3v) is 1.89. The third kappa shape index (κ3) is 2.21. The van der Waals surface area contributed by atoms with Crippen molar-refractivity contribution < 1.29 is 0 Å². The summed E-state index contributed by atoms with van der Waals surface area (Å²) >= 11 is 11.0. The van der Waals surface area contributed by atoms with Crippen LogP contribution in [-0.4, -0.2) is 5.17 Å². The summed E-state index contributed by atoms with van der Waals surface area (Å²) in [7, 11) is 0. The molecule has 0 spiro atoms. The SMILES string of the molecule is N=C(Cl)c1ccc(CCl)cc1. The molecular weight excluding hydrogens is 181 g/mol. The molecule has 0 unspecified atom stereocenters. The lowest BCUT2D eigenvalue weighted by Gasteiger charge is -1.96. The van der Waals surface area contributed by atoms with Crippen LogP contribution in [0.5, 0.6) is 0 Å². The normalized spacial score (nSPS) is 9.64. The molecule has 0 aliphatic rings. The average Bonchev–Trinajstić information content (AvgIpc) is 2.05. The molecule has 0 bridgehead atoms. The largest absolute Gasteiger partial charge is 0.289 e. The molecule has 3 heteroatoms. The van der Waals surface area contributed by atoms with Gasteiger partial charge in [-0.1, -0.05) is 35.9 Å². The van der Waals surface area contributed by atoms with Gasteiger partial charge in [0, 0.05) is 11.4 Å². The van der Waals surface area contributed by atoms with Gasteiger partial charge in [0.05, 0.1) is 0 Å². The Morgan fingerprint density at radius 2 is 1.82 bits per heavy atom. The molecule has 58 valence electrons. The summed E-state index contributed by atoms with van der Waals surface area (Å²) in [6, 6.07) is 7.29. The van der Waals surface area contributed by atoms with Crippen molar-refractivity contribution in [3.8, 4) is 0 Å². The Morgan fingerprint density at radius 1 is 1.27 bits per heavy atom. The van der Waals surface area contributed by atoms with Crippen molar-refractivity contribution in [2.45, 2.75) is 5.88 Å². The van der Waals surface area contributed by atoms with E-state index in [1.807, 2.05) is 12.1 Å². The molecule has 1 N–H and O–H groups in total. The van der Waals surface area contributed by atoms with Crippen molar-refractivity contribution >= 4 is 28.4 Å². The predicted molar refractivity (Wildman–Crippen MR) is 48.7 cm³/mol. The van der Waals surface area contributed by atoms with Crippen molar-refractivity contribution in [2.75, 3.05) is 0 Å². The second-order valence-corrected chi connectivity index (χ2v) is 2.79. The van der Waals surface area contributed by atoms with Gasteiger partial charge in [-0.3, -0.25) is 5.41 Å². The second-order valence-electron chi connectivity index (χ2n) is 2.14. The van der Waals surface area contributed by atoms with E-state index in [1.54, 1.807) is 12.1 Å². The van der Waals surface area contributed by atoms with E-state index in [-0.39, 0.29) is 5.17 Å². The van der Waals surface area contributed by atoms with E-state index >= 15 is 0 Å². The number of nitrogens with one attached hydrogen (secondary N) is 1. The molecule has 0 atom stereocenters. The summed E-state index contributed by atoms with van der Waals surface area (Å²) in [5.74, 6) is 0.496. The molecule has 0 aliphatic carbocycles. The van der Waals surface area contributed by atoms with Crippen LogP contribution in [0.1, 0.15) is 11.1 Å². The minimum Gasteiger partial charge on any atom is -0.289 e. The molecule has 0 amide bonds. The zero-order valence-corrected chi connectivity index (χ0v) is 7.28. The zero-order chi connectivity index (χ0) is 8.27. The molecule has 0 saturated heterocycles. The minimum atomic E-state index is 0.0612. The van der Waals surface area contributed by atoms with Gasteiger partial charge in [-0.2, -0.15) is 0 Å². The number of hydrogen-bond donors (Lipinski definition) is 1. The fourth-order valence-corrected chi connectivity index (χ4v) is 1.04. The van der Waals surface area contributed by atoms with Crippen molar-refractivity contribution in [1.82, 2.24) is 0 Å². The molecule has 1 rings (SSSR count). The van der Waals surface area contributed by atoms with Gasteiger partial charge in [0.1, 0.15) is 5.17 Å². The van der Waals surface area contributed by atoms with Crippen LogP contribution < -0.4 is 0 Å². The van der Waals surface area contributed by atoms with Gasteiger partial charge in [0.25, 0.3) is 0 Å². The van der Waals surface area contributed by atoms with Gasteiger partial charge in [0.15, 0.2) is 0 Å². The van der Waals surface area contributed by atoms with Crippen LogP contribution in [-0.2, 0) is 5.88 Å². The van der Waals surface area contributed by atoms with Gasteiger partial charge in [-0.15, -0.1) is 11.6 Å². The van der Waals surface area contributed by atoms with E-state index < -0.39 is 0 Å². The Hall–Kier alpha value is -0.530. The summed E-state index contributed by atoms with van der Waals surface area (Å²) < 4.78 is 0. The minimum absolute atomic E-state index is 0.0612. The first-order valence-electron chi connectivity index (χ1n) is 3.13. The third-order valence-electron chi connectivity index (χ3n) is 1.36. The lowest BCUT2D eigenvalue weighted by atomic mass is 10.2. The maximum Gasteiger partial charge on any atom is 0.128 e. The average molecular weight is 188 g/mol. The summed E-state index contributed by atoms with van der Waals surface area (Å²) in [5.41, 5.74) is 1.76. The highest BCUT2D eigenvalue weighted by atomic mass is 35.5. The highest BCUT2D eigenvalue weighted by Crippen LogP contribution is 2.08. The monoisotopic (exact) mass is 187 g/mol. The second kappa shape index (κ2) is 3.74. The first-order chi connectivity index (χ1) is 5.24. The number of benzene rings is 1. The van der Waals surface area contributed by atoms with Crippen LogP contribution in [0.2, 0.25) is 0 Å². The molecule has 0 radical (unpaired) electrons. The van der Waals surface area contributed by atoms with Crippen molar-refractivity contribution in [1.29, 1.82) is 5.41 Å². The maximum absolute atomic E-state index is 7.10. The van der Waals surface area contributed by atoms with E-state index in [9.17, 15) is 0 Å². The van der Waals surface area contributed by atoms with Crippen LogP contribution in [0.4, 0.5) is 0 Å². The first-order valence-corrected chi connectivity index (χ1v) is 4.04. The van der Waals surface area contributed by atoms with Crippen molar-refractivity contribution in [3.63, 3.8) is 0 Å². The van der Waals surface area contributed by atoms with Crippen LogP contribution in [0.3, 0.4) is 0 Å². The van der Waals surface area contributed by atoms with Gasteiger partial charge in [-0.25, -0.2) is 0 Å². The smallest absolute Gasteiger partial charge is 0.128 e. The van der Waals surface area contributed by atoms with Crippen LogP contribution in [0, 0.1) is 5.41 Å². The van der Waals surface area contributed by atoms with E-state index in [2.05, 4.69) is 0 Å². The zero-order valence-electron chi connectivity index (χ0n) is 5.77. The molecule has 1 aromatic rings. The number of halogens is 2. The Kier molecular flexibility index (Phi) is 2.92. The van der Waals surface area contributed by atoms with Gasteiger partial charge >= 0.3 is 0 Å².